The van der Waals surface area contributed by atoms with Gasteiger partial charge in [0.1, 0.15) is 0 Å². The number of hydrogen-bond acceptors (Lipinski definition) is 4. The molecule has 1 aromatic rings. The van der Waals surface area contributed by atoms with Gasteiger partial charge in [0, 0.05) is 38.9 Å². The van der Waals surface area contributed by atoms with Crippen LogP contribution in [0.15, 0.2) is 15.7 Å². The molecule has 1 atom stereocenters. The molecule has 0 aromatic carbocycles. The Labute approximate surface area is 125 Å². The number of likely N-dealkylation sites (tertiary alicyclic amines) is 1. The van der Waals surface area contributed by atoms with E-state index < -0.39 is 0 Å². The van der Waals surface area contributed by atoms with Gasteiger partial charge >= 0.3 is 5.69 Å². The van der Waals surface area contributed by atoms with Crippen molar-refractivity contribution in [3.8, 4) is 0 Å². The summed E-state index contributed by atoms with van der Waals surface area (Å²) in [5.41, 5.74) is 0.209. The van der Waals surface area contributed by atoms with Crippen LogP contribution in [0.2, 0.25) is 0 Å². The van der Waals surface area contributed by atoms with Crippen molar-refractivity contribution in [3.63, 3.8) is 0 Å². The van der Waals surface area contributed by atoms with Crippen LogP contribution in [0.3, 0.4) is 0 Å². The minimum absolute atomic E-state index is 0.250. The lowest BCUT2D eigenvalue weighted by Gasteiger charge is -2.20. The van der Waals surface area contributed by atoms with E-state index in [1.165, 1.54) is 43.6 Å². The lowest BCUT2D eigenvalue weighted by molar-refractivity contribution is 0.282. The first kappa shape index (κ1) is 16.0. The number of rotatable bonds is 6. The highest BCUT2D eigenvalue weighted by Gasteiger charge is 2.14. The minimum Gasteiger partial charge on any atom is -0.311 e. The maximum Gasteiger partial charge on any atom is 0.330 e. The lowest BCUT2D eigenvalue weighted by Crippen LogP contribution is -2.39. The van der Waals surface area contributed by atoms with E-state index in [-0.39, 0.29) is 11.2 Å². The SMILES string of the molecule is CC(CNCc1cc(=O)n(C)c(=O)n1C)CN1CCCC1. The molecule has 118 valence electrons. The summed E-state index contributed by atoms with van der Waals surface area (Å²) < 4.78 is 2.65. The second kappa shape index (κ2) is 7.04. The van der Waals surface area contributed by atoms with E-state index in [0.717, 1.165) is 23.4 Å². The molecule has 0 saturated carbocycles. The van der Waals surface area contributed by atoms with Crippen LogP contribution >= 0.6 is 0 Å². The van der Waals surface area contributed by atoms with E-state index in [1.54, 1.807) is 7.05 Å². The highest BCUT2D eigenvalue weighted by Crippen LogP contribution is 2.09. The first-order valence-corrected chi connectivity index (χ1v) is 7.68. The van der Waals surface area contributed by atoms with Crippen LogP contribution in [0.1, 0.15) is 25.5 Å². The molecule has 0 amide bonds. The Bertz CT molecular complexity index is 584. The van der Waals surface area contributed by atoms with Gasteiger partial charge in [0.05, 0.1) is 0 Å². The molecular formula is C15H26N4O2. The van der Waals surface area contributed by atoms with Crippen molar-refractivity contribution in [2.24, 2.45) is 20.0 Å². The molecule has 1 aromatic heterocycles. The summed E-state index contributed by atoms with van der Waals surface area (Å²) in [7, 11) is 3.20. The molecule has 1 aliphatic heterocycles. The van der Waals surface area contributed by atoms with Gasteiger partial charge in [-0.1, -0.05) is 6.92 Å². The fourth-order valence-electron chi connectivity index (χ4n) is 2.87. The van der Waals surface area contributed by atoms with Crippen LogP contribution in [0.25, 0.3) is 0 Å². The highest BCUT2D eigenvalue weighted by molar-refractivity contribution is 5.01. The van der Waals surface area contributed by atoms with Gasteiger partial charge in [-0.05, 0) is 38.4 Å². The summed E-state index contributed by atoms with van der Waals surface area (Å²) in [6.45, 7) is 7.21. The van der Waals surface area contributed by atoms with Crippen LogP contribution in [0, 0.1) is 5.92 Å². The zero-order valence-electron chi connectivity index (χ0n) is 13.3. The van der Waals surface area contributed by atoms with Crippen molar-refractivity contribution in [3.05, 3.63) is 32.6 Å². The molecule has 21 heavy (non-hydrogen) atoms. The first-order chi connectivity index (χ1) is 9.99. The van der Waals surface area contributed by atoms with Crippen molar-refractivity contribution < 1.29 is 0 Å². The van der Waals surface area contributed by atoms with Gasteiger partial charge in [-0.15, -0.1) is 0 Å². The highest BCUT2D eigenvalue weighted by atomic mass is 16.2. The monoisotopic (exact) mass is 294 g/mol. The third-order valence-corrected chi connectivity index (χ3v) is 4.19. The summed E-state index contributed by atoms with van der Waals surface area (Å²) >= 11 is 0. The van der Waals surface area contributed by atoms with Gasteiger partial charge in [0.15, 0.2) is 0 Å². The van der Waals surface area contributed by atoms with Crippen molar-refractivity contribution in [1.82, 2.24) is 19.4 Å². The van der Waals surface area contributed by atoms with Crippen molar-refractivity contribution in [1.29, 1.82) is 0 Å². The molecule has 2 rings (SSSR count). The number of nitrogens with one attached hydrogen (secondary N) is 1. The Morgan fingerprint density at radius 1 is 1.19 bits per heavy atom. The van der Waals surface area contributed by atoms with Gasteiger partial charge in [-0.2, -0.15) is 0 Å². The fraction of sp³-hybridized carbons (Fsp3) is 0.733. The third-order valence-electron chi connectivity index (χ3n) is 4.19. The van der Waals surface area contributed by atoms with E-state index >= 15 is 0 Å². The quantitative estimate of drug-likeness (QED) is 0.796. The van der Waals surface area contributed by atoms with E-state index in [4.69, 9.17) is 0 Å². The zero-order chi connectivity index (χ0) is 15.4. The molecule has 0 radical (unpaired) electrons. The lowest BCUT2D eigenvalue weighted by atomic mass is 10.1. The summed E-state index contributed by atoms with van der Waals surface area (Å²) in [6.07, 6.45) is 2.63. The van der Waals surface area contributed by atoms with Crippen molar-refractivity contribution in [2.45, 2.75) is 26.3 Å². The number of aromatic nitrogens is 2. The predicted molar refractivity (Wildman–Crippen MR) is 83.5 cm³/mol. The predicted octanol–water partition coefficient (Wildman–Crippen LogP) is -0.0945. The Morgan fingerprint density at radius 2 is 1.86 bits per heavy atom. The Kier molecular flexibility index (Phi) is 5.36. The Balaban J connectivity index is 1.86. The second-order valence-corrected chi connectivity index (χ2v) is 6.12. The van der Waals surface area contributed by atoms with Gasteiger partial charge < -0.3 is 10.2 Å². The van der Waals surface area contributed by atoms with Gasteiger partial charge in [0.2, 0.25) is 0 Å². The summed E-state index contributed by atoms with van der Waals surface area (Å²) in [6, 6.07) is 1.53. The summed E-state index contributed by atoms with van der Waals surface area (Å²) in [5, 5.41) is 3.36. The van der Waals surface area contributed by atoms with Gasteiger partial charge in [-0.25, -0.2) is 4.79 Å². The second-order valence-electron chi connectivity index (χ2n) is 6.12. The minimum atomic E-state index is -0.274. The van der Waals surface area contributed by atoms with Crippen LogP contribution in [-0.4, -0.2) is 40.2 Å². The molecule has 1 unspecified atom stereocenters. The summed E-state index contributed by atoms with van der Waals surface area (Å²) in [4.78, 5) is 26.0. The zero-order valence-corrected chi connectivity index (χ0v) is 13.3. The van der Waals surface area contributed by atoms with Crippen LogP contribution in [0.4, 0.5) is 0 Å². The largest absolute Gasteiger partial charge is 0.330 e. The van der Waals surface area contributed by atoms with E-state index in [2.05, 4.69) is 17.1 Å². The maximum atomic E-state index is 11.8. The van der Waals surface area contributed by atoms with Crippen LogP contribution in [0.5, 0.6) is 0 Å². The Hall–Kier alpha value is -1.40. The molecule has 6 heteroatoms. The molecule has 0 aliphatic carbocycles. The Morgan fingerprint density at radius 3 is 2.52 bits per heavy atom. The molecule has 1 saturated heterocycles. The molecule has 1 fully saturated rings. The van der Waals surface area contributed by atoms with Gasteiger partial charge in [0.25, 0.3) is 5.56 Å². The average Bonchev–Trinajstić information content (AvgIpc) is 2.95. The third kappa shape index (κ3) is 4.04. The topological polar surface area (TPSA) is 59.3 Å². The molecule has 0 spiro atoms. The van der Waals surface area contributed by atoms with Crippen molar-refractivity contribution >= 4 is 0 Å². The van der Waals surface area contributed by atoms with Crippen LogP contribution < -0.4 is 16.6 Å². The molecule has 1 N–H and O–H groups in total. The van der Waals surface area contributed by atoms with Crippen LogP contribution in [-0.2, 0) is 20.6 Å². The van der Waals surface area contributed by atoms with E-state index in [0.29, 0.717) is 12.5 Å². The summed E-state index contributed by atoms with van der Waals surface area (Å²) in [5.74, 6) is 0.562. The standard InChI is InChI=1S/C15H26N4O2/c1-12(11-19-6-4-5-7-19)9-16-10-13-8-14(20)18(3)15(21)17(13)2/h8,12,16H,4-7,9-11H2,1-3H3. The van der Waals surface area contributed by atoms with Gasteiger partial charge in [-0.3, -0.25) is 13.9 Å². The molecule has 1 aliphatic rings. The number of nitrogens with zero attached hydrogens (tertiary/aromatic N) is 3. The first-order valence-electron chi connectivity index (χ1n) is 7.68. The molecule has 6 nitrogen and oxygen atoms in total. The normalized spacial score (nSPS) is 17.3. The number of hydrogen-bond donors (Lipinski definition) is 1. The van der Waals surface area contributed by atoms with E-state index in [9.17, 15) is 9.59 Å². The molecule has 2 heterocycles. The molecule has 0 bridgehead atoms. The van der Waals surface area contributed by atoms with Crippen molar-refractivity contribution in [2.75, 3.05) is 26.2 Å². The average molecular weight is 294 g/mol. The van der Waals surface area contributed by atoms with E-state index in [1.807, 2.05) is 0 Å². The maximum absolute atomic E-state index is 11.8. The smallest absolute Gasteiger partial charge is 0.311 e. The molecular weight excluding hydrogens is 268 g/mol. The fourth-order valence-corrected chi connectivity index (χ4v) is 2.87.